The number of carboxylic acids is 1. The lowest BCUT2D eigenvalue weighted by atomic mass is 10.1. The first-order chi connectivity index (χ1) is 15.1. The van der Waals surface area contributed by atoms with Gasteiger partial charge >= 0.3 is 5.97 Å². The molecule has 4 nitrogen and oxygen atoms in total. The van der Waals surface area contributed by atoms with Crippen molar-refractivity contribution in [3.63, 3.8) is 0 Å². The number of carboxylic acid groups (broad SMARTS) is 1. The van der Waals surface area contributed by atoms with Crippen LogP contribution in [0.15, 0.2) is 52.3 Å². The number of hydrogen-bond donors (Lipinski definition) is 2. The fourth-order valence-corrected chi connectivity index (χ4v) is 5.80. The van der Waals surface area contributed by atoms with Gasteiger partial charge in [0.15, 0.2) is 0 Å². The Balaban J connectivity index is 0.00000166. The Morgan fingerprint density at radius 3 is 2.65 bits per heavy atom. The van der Waals surface area contributed by atoms with Crippen LogP contribution in [-0.2, 0) is 10.5 Å². The molecule has 0 saturated carbocycles. The van der Waals surface area contributed by atoms with Crippen LogP contribution in [0.5, 0.6) is 0 Å². The number of thioether (sulfide) groups is 2. The van der Waals surface area contributed by atoms with E-state index in [1.54, 1.807) is 23.7 Å². The summed E-state index contributed by atoms with van der Waals surface area (Å²) >= 11 is 4.89. The summed E-state index contributed by atoms with van der Waals surface area (Å²) in [6.07, 6.45) is 5.65. The van der Waals surface area contributed by atoms with E-state index in [1.807, 2.05) is 13.8 Å². The Kier molecular flexibility index (Phi) is 11.7. The third-order valence-corrected chi connectivity index (χ3v) is 7.63. The van der Waals surface area contributed by atoms with Gasteiger partial charge in [-0.3, -0.25) is 9.52 Å². The van der Waals surface area contributed by atoms with Gasteiger partial charge in [-0.15, -0.1) is 23.5 Å². The summed E-state index contributed by atoms with van der Waals surface area (Å²) in [6, 6.07) is 15.5. The molecule has 1 heterocycles. The number of aliphatic carboxylic acids is 1. The Hall–Kier alpha value is -1.28. The van der Waals surface area contributed by atoms with E-state index in [0.29, 0.717) is 11.8 Å². The van der Waals surface area contributed by atoms with Crippen molar-refractivity contribution in [2.45, 2.75) is 61.6 Å². The van der Waals surface area contributed by atoms with Crippen LogP contribution >= 0.6 is 35.5 Å². The van der Waals surface area contributed by atoms with Crippen LogP contribution in [0.2, 0.25) is 0 Å². The van der Waals surface area contributed by atoms with Gasteiger partial charge in [0.05, 0.1) is 11.4 Å². The molecule has 0 bridgehead atoms. The fraction of sp³-hybridized carbons (Fsp3) is 0.458. The molecule has 0 amide bonds. The highest BCUT2D eigenvalue weighted by Crippen LogP contribution is 2.41. The second-order valence-electron chi connectivity index (χ2n) is 7.02. The topological polar surface area (TPSA) is 52.6 Å². The molecule has 0 fully saturated rings. The van der Waals surface area contributed by atoms with Crippen molar-refractivity contribution < 1.29 is 9.90 Å². The first-order valence-electron chi connectivity index (χ1n) is 10.9. The van der Waals surface area contributed by atoms with Crippen molar-refractivity contribution in [2.75, 3.05) is 23.5 Å². The molecule has 2 aromatic rings. The van der Waals surface area contributed by atoms with Crippen LogP contribution < -0.4 is 9.62 Å². The van der Waals surface area contributed by atoms with Crippen molar-refractivity contribution in [1.82, 2.24) is 4.72 Å². The molecule has 1 unspecified atom stereocenters. The number of anilines is 2. The van der Waals surface area contributed by atoms with Crippen molar-refractivity contribution in [2.24, 2.45) is 0 Å². The number of carbonyl (C=O) groups is 1. The minimum atomic E-state index is -0.763. The van der Waals surface area contributed by atoms with Gasteiger partial charge in [0.25, 0.3) is 0 Å². The van der Waals surface area contributed by atoms with E-state index in [-0.39, 0.29) is 5.75 Å². The van der Waals surface area contributed by atoms with Crippen LogP contribution in [0.25, 0.3) is 0 Å². The maximum atomic E-state index is 10.9. The van der Waals surface area contributed by atoms with Crippen molar-refractivity contribution in [1.29, 1.82) is 0 Å². The molecule has 31 heavy (non-hydrogen) atoms. The molecule has 0 saturated heterocycles. The first kappa shape index (κ1) is 26.0. The number of hydrogen-bond acceptors (Lipinski definition) is 6. The Labute approximate surface area is 200 Å². The Bertz CT molecular complexity index is 818. The molecule has 3 rings (SSSR count). The average Bonchev–Trinajstić information content (AvgIpc) is 2.98. The highest BCUT2D eigenvalue weighted by atomic mass is 32.2. The SMILES string of the molecule is CC.CCCCC1CN(c2ccccc2)c2cc(SC)c(CSCC(=O)O)cc2SN1. The quantitative estimate of drug-likeness (QED) is 0.295. The number of unbranched alkanes of at least 4 members (excludes halogenated alkanes) is 1. The molecule has 0 aromatic heterocycles. The van der Waals surface area contributed by atoms with Gasteiger partial charge in [0, 0.05) is 33.8 Å². The van der Waals surface area contributed by atoms with Crippen LogP contribution in [0.3, 0.4) is 0 Å². The zero-order valence-corrected chi connectivity index (χ0v) is 21.3. The van der Waals surface area contributed by atoms with Gasteiger partial charge < -0.3 is 10.0 Å². The van der Waals surface area contributed by atoms with E-state index in [9.17, 15) is 4.79 Å². The van der Waals surface area contributed by atoms with Crippen LogP contribution in [-0.4, -0.2) is 35.7 Å². The number of nitrogens with zero attached hydrogens (tertiary/aromatic N) is 1. The molecule has 1 aliphatic rings. The normalized spacial score (nSPS) is 15.5. The summed E-state index contributed by atoms with van der Waals surface area (Å²) in [7, 11) is 0. The van der Waals surface area contributed by atoms with E-state index in [0.717, 1.165) is 13.0 Å². The maximum absolute atomic E-state index is 10.9. The van der Waals surface area contributed by atoms with Gasteiger partial charge in [-0.25, -0.2) is 0 Å². The summed E-state index contributed by atoms with van der Waals surface area (Å²) in [4.78, 5) is 15.7. The molecule has 2 aromatic carbocycles. The van der Waals surface area contributed by atoms with Gasteiger partial charge in [-0.1, -0.05) is 51.8 Å². The van der Waals surface area contributed by atoms with Crippen molar-refractivity contribution in [3.05, 3.63) is 48.0 Å². The van der Waals surface area contributed by atoms with Crippen LogP contribution in [0.1, 0.15) is 45.6 Å². The molecule has 0 radical (unpaired) electrons. The molecule has 0 aliphatic carbocycles. The Morgan fingerprint density at radius 1 is 1.26 bits per heavy atom. The monoisotopic (exact) mass is 478 g/mol. The minimum absolute atomic E-state index is 0.130. The van der Waals surface area contributed by atoms with Crippen LogP contribution in [0.4, 0.5) is 11.4 Å². The molecule has 7 heteroatoms. The molecule has 170 valence electrons. The highest BCUT2D eigenvalue weighted by molar-refractivity contribution is 7.99. The van der Waals surface area contributed by atoms with Crippen molar-refractivity contribution >= 4 is 52.8 Å². The predicted octanol–water partition coefficient (Wildman–Crippen LogP) is 7.06. The first-order valence-corrected chi connectivity index (χ1v) is 14.1. The summed E-state index contributed by atoms with van der Waals surface area (Å²) in [5.41, 5.74) is 3.64. The molecule has 2 N–H and O–H groups in total. The minimum Gasteiger partial charge on any atom is -0.481 e. The number of rotatable bonds is 9. The third kappa shape index (κ3) is 7.67. The zero-order chi connectivity index (χ0) is 22.6. The molecule has 1 aliphatic heterocycles. The van der Waals surface area contributed by atoms with E-state index in [4.69, 9.17) is 5.11 Å². The lowest BCUT2D eigenvalue weighted by Crippen LogP contribution is -2.34. The average molecular weight is 479 g/mol. The fourth-order valence-electron chi connectivity index (χ4n) is 3.39. The summed E-state index contributed by atoms with van der Waals surface area (Å²) in [5, 5.41) is 8.96. The molecular formula is C24H34N2O2S3. The number of benzene rings is 2. The van der Waals surface area contributed by atoms with Crippen molar-refractivity contribution in [3.8, 4) is 0 Å². The molecule has 1 atom stereocenters. The molecule has 0 spiro atoms. The summed E-state index contributed by atoms with van der Waals surface area (Å²) in [6.45, 7) is 7.17. The summed E-state index contributed by atoms with van der Waals surface area (Å²) in [5.74, 6) is 0.0763. The van der Waals surface area contributed by atoms with Gasteiger partial charge in [-0.2, -0.15) is 0 Å². The smallest absolute Gasteiger partial charge is 0.313 e. The Morgan fingerprint density at radius 2 is 2.00 bits per heavy atom. The van der Waals surface area contributed by atoms with E-state index >= 15 is 0 Å². The van der Waals surface area contributed by atoms with E-state index in [2.05, 4.69) is 65.3 Å². The standard InChI is InChI=1S/C22H28N2O2S3.C2H6/c1-3-4-8-17-13-24(18-9-6-5-7-10-18)19-12-20(27-2)16(11-21(19)29-23-17)14-28-15-22(25)26;1-2/h5-7,9-12,17,23H,3-4,8,13-15H2,1-2H3,(H,25,26);1-2H3. The van der Waals surface area contributed by atoms with Gasteiger partial charge in [0.2, 0.25) is 0 Å². The van der Waals surface area contributed by atoms with Gasteiger partial charge in [-0.05, 0) is 54.5 Å². The number of fused-ring (bicyclic) bond motifs is 1. The van der Waals surface area contributed by atoms with E-state index < -0.39 is 5.97 Å². The zero-order valence-electron chi connectivity index (χ0n) is 18.9. The van der Waals surface area contributed by atoms with Gasteiger partial charge in [0.1, 0.15) is 0 Å². The van der Waals surface area contributed by atoms with Crippen LogP contribution in [0, 0.1) is 0 Å². The predicted molar refractivity (Wildman–Crippen MR) is 139 cm³/mol. The van der Waals surface area contributed by atoms with E-state index in [1.165, 1.54) is 51.3 Å². The second-order valence-corrected chi connectivity index (χ2v) is 9.74. The maximum Gasteiger partial charge on any atom is 0.313 e. The lowest BCUT2D eigenvalue weighted by molar-refractivity contribution is -0.133. The largest absolute Gasteiger partial charge is 0.481 e. The third-order valence-electron chi connectivity index (χ3n) is 4.85. The summed E-state index contributed by atoms with van der Waals surface area (Å²) < 4.78 is 3.68. The molecular weight excluding hydrogens is 444 g/mol. The lowest BCUT2D eigenvalue weighted by Gasteiger charge is -2.28. The highest BCUT2D eigenvalue weighted by Gasteiger charge is 2.24. The second kappa shape index (κ2) is 14.0. The number of para-hydroxylation sites is 1. The number of nitrogens with one attached hydrogen (secondary N) is 1.